The quantitative estimate of drug-likeness (QED) is 0.797. The minimum Gasteiger partial charge on any atom is -0.279 e. The molecule has 4 heteroatoms. The van der Waals surface area contributed by atoms with Crippen LogP contribution in [-0.4, -0.2) is 8.42 Å². The van der Waals surface area contributed by atoms with Gasteiger partial charge in [0.2, 0.25) is 0 Å². The molecule has 0 bridgehead atoms. The van der Waals surface area contributed by atoms with Crippen LogP contribution < -0.4 is 4.72 Å². The fourth-order valence-electron chi connectivity index (χ4n) is 2.22. The van der Waals surface area contributed by atoms with Crippen LogP contribution in [0.4, 0.5) is 5.69 Å². The van der Waals surface area contributed by atoms with Gasteiger partial charge in [0, 0.05) is 5.56 Å². The van der Waals surface area contributed by atoms with Crippen LogP contribution in [0.25, 0.3) is 11.1 Å². The maximum absolute atomic E-state index is 12.4. The van der Waals surface area contributed by atoms with E-state index in [4.69, 9.17) is 0 Å². The molecule has 0 saturated heterocycles. The first-order chi connectivity index (χ1) is 10.1. The van der Waals surface area contributed by atoms with E-state index in [1.165, 1.54) is 0 Å². The summed E-state index contributed by atoms with van der Waals surface area (Å²) in [5.41, 5.74) is 3.51. The number of rotatable bonds is 3. The number of fused-ring (bicyclic) bond motifs is 1. The van der Waals surface area contributed by atoms with Crippen molar-refractivity contribution in [1.82, 2.24) is 0 Å². The van der Waals surface area contributed by atoms with Crippen molar-refractivity contribution in [2.45, 2.75) is 11.8 Å². The minimum absolute atomic E-state index is 0.266. The molecule has 0 fully saturated rings. The molecule has 2 aliphatic rings. The second-order valence-electron chi connectivity index (χ2n) is 4.95. The van der Waals surface area contributed by atoms with Crippen LogP contribution in [0, 0.1) is 6.92 Å². The van der Waals surface area contributed by atoms with Gasteiger partial charge in [-0.25, -0.2) is 8.42 Å². The summed E-state index contributed by atoms with van der Waals surface area (Å²) in [5.74, 6) is 0. The highest BCUT2D eigenvalue weighted by Crippen LogP contribution is 2.32. The molecule has 0 aliphatic heterocycles. The molecule has 1 aromatic rings. The lowest BCUT2D eigenvalue weighted by Crippen LogP contribution is -2.12. The van der Waals surface area contributed by atoms with Gasteiger partial charge in [-0.2, -0.15) is 0 Å². The highest BCUT2D eigenvalue weighted by molar-refractivity contribution is 7.92. The van der Waals surface area contributed by atoms with Gasteiger partial charge in [0.15, 0.2) is 0 Å². The third-order valence-corrected chi connectivity index (χ3v) is 4.75. The first-order valence-corrected chi connectivity index (χ1v) is 8.12. The molecular formula is C17H15NO2S. The number of hydrogen-bond donors (Lipinski definition) is 1. The van der Waals surface area contributed by atoms with Gasteiger partial charge in [0.1, 0.15) is 0 Å². The first-order valence-electron chi connectivity index (χ1n) is 6.63. The number of aryl methyl sites for hydroxylation is 1. The van der Waals surface area contributed by atoms with E-state index >= 15 is 0 Å². The second kappa shape index (κ2) is 5.22. The molecular weight excluding hydrogens is 282 g/mol. The Morgan fingerprint density at radius 2 is 1.52 bits per heavy atom. The Bertz CT molecular complexity index is 839. The molecule has 0 heterocycles. The van der Waals surface area contributed by atoms with Crippen molar-refractivity contribution in [3.05, 3.63) is 72.3 Å². The van der Waals surface area contributed by atoms with Crippen LogP contribution in [0.5, 0.6) is 0 Å². The molecule has 0 unspecified atom stereocenters. The summed E-state index contributed by atoms with van der Waals surface area (Å²) in [6, 6.07) is 20.1. The summed E-state index contributed by atoms with van der Waals surface area (Å²) in [4.78, 5) is 0.266. The SMILES string of the molecule is Cc1ccc(S(=O)(=O)Nc2ccc3cccccc2-3)cc1. The number of hydrogen-bond acceptors (Lipinski definition) is 2. The van der Waals surface area contributed by atoms with Gasteiger partial charge in [-0.3, -0.25) is 4.72 Å². The Kier molecular flexibility index (Phi) is 3.39. The highest BCUT2D eigenvalue weighted by atomic mass is 32.2. The molecule has 106 valence electrons. The van der Waals surface area contributed by atoms with Crippen LogP contribution in [0.2, 0.25) is 0 Å². The molecule has 3 nitrogen and oxygen atoms in total. The molecule has 0 atom stereocenters. The molecule has 0 radical (unpaired) electrons. The van der Waals surface area contributed by atoms with Crippen LogP contribution in [0.15, 0.2) is 71.6 Å². The zero-order chi connectivity index (χ0) is 14.9. The van der Waals surface area contributed by atoms with Gasteiger partial charge in [0.25, 0.3) is 10.0 Å². The monoisotopic (exact) mass is 297 g/mol. The van der Waals surface area contributed by atoms with Crippen molar-refractivity contribution < 1.29 is 8.42 Å². The highest BCUT2D eigenvalue weighted by Gasteiger charge is 2.17. The number of anilines is 1. The first kappa shape index (κ1) is 13.6. The van der Waals surface area contributed by atoms with Crippen LogP contribution in [0.1, 0.15) is 5.56 Å². The van der Waals surface area contributed by atoms with Gasteiger partial charge in [-0.05, 0) is 30.7 Å². The Hall–Kier alpha value is -2.33. The van der Waals surface area contributed by atoms with Crippen LogP contribution in [0.3, 0.4) is 0 Å². The molecule has 0 amide bonds. The summed E-state index contributed by atoms with van der Waals surface area (Å²) in [5, 5.41) is 0. The lowest BCUT2D eigenvalue weighted by atomic mass is 10.2. The predicted molar refractivity (Wildman–Crippen MR) is 85.1 cm³/mol. The second-order valence-corrected chi connectivity index (χ2v) is 6.63. The number of sulfonamides is 1. The van der Waals surface area contributed by atoms with E-state index in [2.05, 4.69) is 4.72 Å². The summed E-state index contributed by atoms with van der Waals surface area (Å²) in [6.45, 7) is 1.93. The van der Waals surface area contributed by atoms with Crippen molar-refractivity contribution in [1.29, 1.82) is 0 Å². The molecule has 0 aromatic heterocycles. The maximum atomic E-state index is 12.4. The molecule has 3 rings (SSSR count). The van der Waals surface area contributed by atoms with Gasteiger partial charge in [0.05, 0.1) is 10.6 Å². The van der Waals surface area contributed by atoms with Gasteiger partial charge in [-0.1, -0.05) is 54.1 Å². The van der Waals surface area contributed by atoms with E-state index in [-0.39, 0.29) is 4.90 Å². The van der Waals surface area contributed by atoms with Crippen molar-refractivity contribution in [2.24, 2.45) is 0 Å². The maximum Gasteiger partial charge on any atom is 0.261 e. The van der Waals surface area contributed by atoms with Crippen LogP contribution in [-0.2, 0) is 10.0 Å². The Morgan fingerprint density at radius 3 is 2.29 bits per heavy atom. The van der Waals surface area contributed by atoms with E-state index < -0.39 is 10.0 Å². The van der Waals surface area contributed by atoms with Crippen molar-refractivity contribution >= 4 is 15.7 Å². The molecule has 0 saturated carbocycles. The zero-order valence-electron chi connectivity index (χ0n) is 11.6. The average molecular weight is 297 g/mol. The molecule has 2 aliphatic carbocycles. The lowest BCUT2D eigenvalue weighted by Gasteiger charge is -2.08. The summed E-state index contributed by atoms with van der Waals surface area (Å²) in [6.07, 6.45) is 0. The predicted octanol–water partition coefficient (Wildman–Crippen LogP) is 3.90. The zero-order valence-corrected chi connectivity index (χ0v) is 12.4. The topological polar surface area (TPSA) is 46.2 Å². The molecule has 1 aromatic carbocycles. The van der Waals surface area contributed by atoms with Gasteiger partial charge < -0.3 is 0 Å². The van der Waals surface area contributed by atoms with Gasteiger partial charge >= 0.3 is 0 Å². The van der Waals surface area contributed by atoms with Crippen molar-refractivity contribution in [2.75, 3.05) is 4.72 Å². The van der Waals surface area contributed by atoms with E-state index in [0.29, 0.717) is 5.69 Å². The van der Waals surface area contributed by atoms with Crippen molar-refractivity contribution in [3.63, 3.8) is 0 Å². The summed E-state index contributed by atoms with van der Waals surface area (Å²) >= 11 is 0. The smallest absolute Gasteiger partial charge is 0.261 e. The standard InChI is InChI=1S/C17H15NO2S/c1-13-7-10-15(11-8-13)21(19,20)18-17-12-9-14-5-3-2-4-6-16(14)17/h2-12,18H,1H3. The van der Waals surface area contributed by atoms with E-state index in [1.807, 2.05) is 43.3 Å². The third kappa shape index (κ3) is 2.76. The van der Waals surface area contributed by atoms with Gasteiger partial charge in [-0.15, -0.1) is 0 Å². The molecule has 21 heavy (non-hydrogen) atoms. The minimum atomic E-state index is -3.56. The fourth-order valence-corrected chi connectivity index (χ4v) is 3.30. The van der Waals surface area contributed by atoms with Crippen molar-refractivity contribution in [3.8, 4) is 11.1 Å². The Labute approximate surface area is 124 Å². The van der Waals surface area contributed by atoms with E-state index in [1.54, 1.807) is 30.3 Å². The van der Waals surface area contributed by atoms with Crippen LogP contribution >= 0.6 is 0 Å². The normalized spacial score (nSPS) is 11.5. The largest absolute Gasteiger partial charge is 0.279 e. The third-order valence-electron chi connectivity index (χ3n) is 3.37. The summed E-state index contributed by atoms with van der Waals surface area (Å²) in [7, 11) is -3.56. The number of nitrogens with one attached hydrogen (secondary N) is 1. The Balaban J connectivity index is 1.97. The molecule has 1 N–H and O–H groups in total. The lowest BCUT2D eigenvalue weighted by molar-refractivity contribution is 0.601. The van der Waals surface area contributed by atoms with E-state index in [0.717, 1.165) is 16.7 Å². The Morgan fingerprint density at radius 1 is 0.810 bits per heavy atom. The average Bonchev–Trinajstić information content (AvgIpc) is 2.68. The summed E-state index contributed by atoms with van der Waals surface area (Å²) < 4.78 is 27.5. The number of benzene rings is 1. The molecule has 0 spiro atoms. The van der Waals surface area contributed by atoms with E-state index in [9.17, 15) is 8.42 Å². The fraction of sp³-hybridized carbons (Fsp3) is 0.0588.